The van der Waals surface area contributed by atoms with Crippen LogP contribution in [-0.2, 0) is 25.7 Å². The average molecular weight is 502 g/mol. The highest BCUT2D eigenvalue weighted by Gasteiger charge is 2.39. The summed E-state index contributed by atoms with van der Waals surface area (Å²) in [5.74, 6) is 0.504. The molecule has 1 aromatic carbocycles. The molecule has 11 heteroatoms. The Morgan fingerprint density at radius 3 is 2.61 bits per heavy atom. The molecule has 0 aliphatic carbocycles. The van der Waals surface area contributed by atoms with Gasteiger partial charge in [0.2, 0.25) is 0 Å². The Balaban J connectivity index is 1.83. The normalized spacial score (nSPS) is 14.3. The number of nitrogens with two attached hydrogens (primary N) is 1. The van der Waals surface area contributed by atoms with E-state index < -0.39 is 11.9 Å². The van der Waals surface area contributed by atoms with Crippen molar-refractivity contribution >= 4 is 5.91 Å². The molecule has 3 N–H and O–H groups in total. The van der Waals surface area contributed by atoms with E-state index in [2.05, 4.69) is 15.4 Å². The molecule has 0 spiro atoms. The van der Waals surface area contributed by atoms with Crippen molar-refractivity contribution in [2.75, 3.05) is 19.6 Å². The van der Waals surface area contributed by atoms with Crippen molar-refractivity contribution in [2.45, 2.75) is 46.5 Å². The van der Waals surface area contributed by atoms with E-state index in [0.29, 0.717) is 60.6 Å². The van der Waals surface area contributed by atoms with E-state index in [1.807, 2.05) is 18.4 Å². The van der Waals surface area contributed by atoms with Crippen molar-refractivity contribution in [3.05, 3.63) is 70.8 Å². The molecule has 0 radical (unpaired) electrons. The number of alkyl halides is 3. The molecule has 0 unspecified atom stereocenters. The number of nitrogens with one attached hydrogen (secondary N) is 1. The van der Waals surface area contributed by atoms with E-state index in [1.54, 1.807) is 42.6 Å². The van der Waals surface area contributed by atoms with Gasteiger partial charge in [0.05, 0.1) is 6.54 Å². The topological polar surface area (TPSA) is 94.0 Å². The van der Waals surface area contributed by atoms with Gasteiger partial charge < -0.3 is 20.5 Å². The Labute approximate surface area is 207 Å². The number of nitrogens with zero attached hydrogens (tertiary/aromatic N) is 5. The summed E-state index contributed by atoms with van der Waals surface area (Å²) >= 11 is 0. The van der Waals surface area contributed by atoms with Gasteiger partial charge in [-0.05, 0) is 56.0 Å². The van der Waals surface area contributed by atoms with E-state index >= 15 is 0 Å². The number of fused-ring (bicyclic) bond motifs is 1. The van der Waals surface area contributed by atoms with Crippen LogP contribution in [0.1, 0.15) is 46.9 Å². The standard InChI is InChI=1S/C25H30F3N7O/c1-4-30-12-18(29)14-34-8-6-19-20(22-15-35(5-2)32-23(22)25(26,27)28)10-17(11-21(19)24(34)36)13-33-9-7-31-16(33)3/h7,9-12,15,30H,4-6,8,13-14,29H2,1-3H3/b18-12-. The van der Waals surface area contributed by atoms with Gasteiger partial charge in [0.25, 0.3) is 5.91 Å². The van der Waals surface area contributed by atoms with Gasteiger partial charge in [-0.2, -0.15) is 18.3 Å². The Kier molecular flexibility index (Phi) is 7.09. The Hall–Kier alpha value is -3.76. The summed E-state index contributed by atoms with van der Waals surface area (Å²) in [6.45, 7) is 7.46. The summed E-state index contributed by atoms with van der Waals surface area (Å²) in [5.41, 5.74) is 7.68. The van der Waals surface area contributed by atoms with Crippen molar-refractivity contribution in [3.8, 4) is 11.1 Å². The number of amides is 1. The number of carbonyl (C=O) groups is 1. The minimum atomic E-state index is -4.63. The van der Waals surface area contributed by atoms with E-state index in [9.17, 15) is 18.0 Å². The summed E-state index contributed by atoms with van der Waals surface area (Å²) in [7, 11) is 0. The molecule has 0 atom stereocenters. The maximum Gasteiger partial charge on any atom is 0.435 e. The monoisotopic (exact) mass is 501 g/mol. The zero-order chi connectivity index (χ0) is 26.0. The lowest BCUT2D eigenvalue weighted by Gasteiger charge is -2.30. The molecule has 36 heavy (non-hydrogen) atoms. The molecular formula is C25H30F3N7O. The SMILES string of the molecule is CCN/C=C(\N)CN1CCc2c(cc(Cn3ccnc3C)cc2-c2cn(CC)nc2C(F)(F)F)C1=O. The first-order valence-electron chi connectivity index (χ1n) is 11.9. The minimum Gasteiger partial charge on any atom is -0.399 e. The first-order chi connectivity index (χ1) is 17.1. The molecule has 1 amide bonds. The Morgan fingerprint density at radius 1 is 1.22 bits per heavy atom. The smallest absolute Gasteiger partial charge is 0.399 e. The third-order valence-electron chi connectivity index (χ3n) is 6.24. The van der Waals surface area contributed by atoms with Crippen molar-refractivity contribution in [3.63, 3.8) is 0 Å². The Bertz CT molecular complexity index is 1290. The van der Waals surface area contributed by atoms with Crippen molar-refractivity contribution in [2.24, 2.45) is 5.73 Å². The van der Waals surface area contributed by atoms with Gasteiger partial charge in [0, 0.05) is 67.8 Å². The van der Waals surface area contributed by atoms with Crippen molar-refractivity contribution in [1.29, 1.82) is 0 Å². The molecule has 0 saturated heterocycles. The molecule has 2 aromatic heterocycles. The fourth-order valence-electron chi connectivity index (χ4n) is 4.45. The fourth-order valence-corrected chi connectivity index (χ4v) is 4.45. The van der Waals surface area contributed by atoms with Crippen LogP contribution in [0.2, 0.25) is 0 Å². The van der Waals surface area contributed by atoms with Gasteiger partial charge in [-0.1, -0.05) is 0 Å². The summed E-state index contributed by atoms with van der Waals surface area (Å²) in [6.07, 6.45) is 2.32. The van der Waals surface area contributed by atoms with Crippen LogP contribution in [0.3, 0.4) is 0 Å². The largest absolute Gasteiger partial charge is 0.435 e. The highest BCUT2D eigenvalue weighted by molar-refractivity contribution is 5.99. The molecule has 0 fully saturated rings. The van der Waals surface area contributed by atoms with E-state index in [4.69, 9.17) is 5.73 Å². The molecule has 1 aliphatic heterocycles. The molecule has 3 heterocycles. The second-order valence-corrected chi connectivity index (χ2v) is 8.77. The number of hydrogen-bond acceptors (Lipinski definition) is 5. The lowest BCUT2D eigenvalue weighted by molar-refractivity contribution is -0.141. The summed E-state index contributed by atoms with van der Waals surface area (Å²) in [5, 5.41) is 6.82. The van der Waals surface area contributed by atoms with Gasteiger partial charge in [0.15, 0.2) is 5.69 Å². The number of halogens is 3. The number of hydrogen-bond donors (Lipinski definition) is 2. The fraction of sp³-hybridized carbons (Fsp3) is 0.400. The first-order valence-corrected chi connectivity index (χ1v) is 11.9. The zero-order valence-electron chi connectivity index (χ0n) is 20.6. The first kappa shape index (κ1) is 25.3. The predicted molar refractivity (Wildman–Crippen MR) is 130 cm³/mol. The van der Waals surface area contributed by atoms with Crippen LogP contribution in [0.15, 0.2) is 42.6 Å². The second kappa shape index (κ2) is 10.1. The molecule has 8 nitrogen and oxygen atoms in total. The van der Waals surface area contributed by atoms with Crippen molar-refractivity contribution in [1.82, 2.24) is 29.5 Å². The lowest BCUT2D eigenvalue weighted by atomic mass is 9.88. The quantitative estimate of drug-likeness (QED) is 0.493. The van der Waals surface area contributed by atoms with Crippen LogP contribution >= 0.6 is 0 Å². The Morgan fingerprint density at radius 2 is 1.97 bits per heavy atom. The number of rotatable bonds is 8. The van der Waals surface area contributed by atoms with Gasteiger partial charge in [-0.25, -0.2) is 4.98 Å². The number of imidazole rings is 1. The van der Waals surface area contributed by atoms with E-state index in [1.165, 1.54) is 10.9 Å². The third kappa shape index (κ3) is 5.09. The maximum atomic E-state index is 14.0. The highest BCUT2D eigenvalue weighted by atomic mass is 19.4. The molecule has 0 bridgehead atoms. The number of benzene rings is 1. The number of aryl methyl sites for hydroxylation is 2. The van der Waals surface area contributed by atoms with E-state index in [0.717, 1.165) is 5.82 Å². The molecule has 3 aromatic rings. The van der Waals surface area contributed by atoms with Crippen LogP contribution in [0.5, 0.6) is 0 Å². The second-order valence-electron chi connectivity index (χ2n) is 8.77. The van der Waals surface area contributed by atoms with Crippen LogP contribution in [0.4, 0.5) is 13.2 Å². The molecular weight excluding hydrogens is 471 g/mol. The number of carbonyl (C=O) groups excluding carboxylic acids is 1. The van der Waals surface area contributed by atoms with Gasteiger partial charge >= 0.3 is 6.18 Å². The minimum absolute atomic E-state index is 0.0161. The molecule has 0 saturated carbocycles. The molecule has 192 valence electrons. The van der Waals surface area contributed by atoms with E-state index in [-0.39, 0.29) is 18.0 Å². The third-order valence-corrected chi connectivity index (χ3v) is 6.24. The molecule has 4 rings (SSSR count). The highest BCUT2D eigenvalue weighted by Crippen LogP contribution is 2.40. The van der Waals surface area contributed by atoms with Gasteiger partial charge in [0.1, 0.15) is 5.82 Å². The van der Waals surface area contributed by atoms with Crippen LogP contribution in [0.25, 0.3) is 11.1 Å². The van der Waals surface area contributed by atoms with Crippen molar-refractivity contribution < 1.29 is 18.0 Å². The van der Waals surface area contributed by atoms with Crippen LogP contribution in [-0.4, -0.2) is 49.8 Å². The predicted octanol–water partition coefficient (Wildman–Crippen LogP) is 3.55. The molecule has 1 aliphatic rings. The lowest BCUT2D eigenvalue weighted by Crippen LogP contribution is -2.40. The zero-order valence-corrected chi connectivity index (χ0v) is 20.6. The summed E-state index contributed by atoms with van der Waals surface area (Å²) in [4.78, 5) is 19.4. The van der Waals surface area contributed by atoms with Gasteiger partial charge in [-0.15, -0.1) is 0 Å². The van der Waals surface area contributed by atoms with Crippen LogP contribution in [0, 0.1) is 6.92 Å². The summed E-state index contributed by atoms with van der Waals surface area (Å²) in [6, 6.07) is 3.52. The van der Waals surface area contributed by atoms with Crippen LogP contribution < -0.4 is 11.1 Å². The summed E-state index contributed by atoms with van der Waals surface area (Å²) < 4.78 is 45.1. The van der Waals surface area contributed by atoms with Gasteiger partial charge in [-0.3, -0.25) is 9.48 Å². The number of aromatic nitrogens is 4. The maximum absolute atomic E-state index is 14.0. The average Bonchev–Trinajstić information content (AvgIpc) is 3.45.